The molecule has 3 aliphatic rings. The van der Waals surface area contributed by atoms with E-state index in [1.807, 2.05) is 26.0 Å². The first-order valence-corrected chi connectivity index (χ1v) is 13.1. The number of aliphatic carboxylic acids is 1. The predicted octanol–water partition coefficient (Wildman–Crippen LogP) is 4.04. The highest BCUT2D eigenvalue weighted by molar-refractivity contribution is 5.67. The minimum Gasteiger partial charge on any atom is -0.481 e. The summed E-state index contributed by atoms with van der Waals surface area (Å²) in [4.78, 5) is 11.6. The van der Waals surface area contributed by atoms with Gasteiger partial charge in [0.1, 0.15) is 6.10 Å². The number of carbonyl (C=O) groups is 1. The lowest BCUT2D eigenvalue weighted by Crippen LogP contribution is -2.43. The summed E-state index contributed by atoms with van der Waals surface area (Å²) in [6.45, 7) is 8.03. The Hall–Kier alpha value is -1.03. The van der Waals surface area contributed by atoms with Gasteiger partial charge in [-0.2, -0.15) is 0 Å². The fraction of sp³-hybridized carbons (Fsp3) is 0.885. The van der Waals surface area contributed by atoms with Crippen LogP contribution in [0.5, 0.6) is 0 Å². The Balaban J connectivity index is 1.79. The second-order valence-electron chi connectivity index (χ2n) is 10.3. The Kier molecular flexibility index (Phi) is 10.8. The Bertz CT molecular complexity index is 639. The molecule has 196 valence electrons. The zero-order valence-electron chi connectivity index (χ0n) is 21.0. The molecule has 0 spiro atoms. The summed E-state index contributed by atoms with van der Waals surface area (Å²) in [5, 5.41) is 20.2. The van der Waals surface area contributed by atoms with Crippen molar-refractivity contribution >= 4 is 5.97 Å². The minimum absolute atomic E-state index is 0.117. The Morgan fingerprint density at radius 1 is 1.12 bits per heavy atom. The largest absolute Gasteiger partial charge is 0.481 e. The van der Waals surface area contributed by atoms with Gasteiger partial charge in [0.05, 0.1) is 24.2 Å². The van der Waals surface area contributed by atoms with Gasteiger partial charge in [0.2, 0.25) is 0 Å². The van der Waals surface area contributed by atoms with Crippen molar-refractivity contribution in [3.8, 4) is 0 Å². The van der Waals surface area contributed by atoms with E-state index in [0.29, 0.717) is 26.2 Å². The number of rotatable bonds is 12. The fourth-order valence-electron chi connectivity index (χ4n) is 5.10. The van der Waals surface area contributed by atoms with Gasteiger partial charge in [-0.1, -0.05) is 19.1 Å². The van der Waals surface area contributed by atoms with Crippen molar-refractivity contribution in [2.75, 3.05) is 19.8 Å². The molecule has 34 heavy (non-hydrogen) atoms. The third-order valence-electron chi connectivity index (χ3n) is 7.07. The normalized spacial score (nSPS) is 33.9. The Labute approximate surface area is 203 Å². The number of aliphatic hydroxyl groups is 1. The van der Waals surface area contributed by atoms with E-state index in [0.717, 1.165) is 44.9 Å². The number of aliphatic hydroxyl groups excluding tert-OH is 1. The van der Waals surface area contributed by atoms with E-state index in [-0.39, 0.29) is 31.0 Å². The van der Waals surface area contributed by atoms with Crippen LogP contribution >= 0.6 is 0 Å². The van der Waals surface area contributed by atoms with E-state index in [9.17, 15) is 15.0 Å². The van der Waals surface area contributed by atoms with Gasteiger partial charge in [0.15, 0.2) is 12.6 Å². The van der Waals surface area contributed by atoms with Gasteiger partial charge in [-0.25, -0.2) is 0 Å². The van der Waals surface area contributed by atoms with Crippen molar-refractivity contribution in [2.45, 2.75) is 115 Å². The van der Waals surface area contributed by atoms with Gasteiger partial charge in [0, 0.05) is 38.1 Å². The molecule has 0 bridgehead atoms. The van der Waals surface area contributed by atoms with Crippen LogP contribution in [0, 0.1) is 11.8 Å². The number of ether oxygens (including phenoxy) is 5. The van der Waals surface area contributed by atoms with E-state index in [4.69, 9.17) is 23.7 Å². The van der Waals surface area contributed by atoms with Crippen molar-refractivity contribution < 1.29 is 38.7 Å². The fourth-order valence-corrected chi connectivity index (χ4v) is 5.10. The van der Waals surface area contributed by atoms with Crippen molar-refractivity contribution in [1.82, 2.24) is 0 Å². The molecule has 1 aliphatic carbocycles. The first kappa shape index (κ1) is 27.6. The molecule has 0 amide bonds. The van der Waals surface area contributed by atoms with Crippen LogP contribution in [-0.4, -0.2) is 72.5 Å². The average Bonchev–Trinajstić information content (AvgIpc) is 3.09. The summed E-state index contributed by atoms with van der Waals surface area (Å²) in [5.41, 5.74) is -0.602. The lowest BCUT2D eigenvalue weighted by Gasteiger charge is -2.36. The molecule has 7 unspecified atom stereocenters. The SMILES string of the molecule is CCCOC(C)(C)C(C=CC1C(OC2CCCCO2)CC(O)C1CC(=O)O)OC1CCCCO1. The van der Waals surface area contributed by atoms with E-state index >= 15 is 0 Å². The van der Waals surface area contributed by atoms with Gasteiger partial charge >= 0.3 is 5.97 Å². The highest BCUT2D eigenvalue weighted by Crippen LogP contribution is 2.39. The maximum atomic E-state index is 11.6. The van der Waals surface area contributed by atoms with Gasteiger partial charge in [0.25, 0.3) is 0 Å². The predicted molar refractivity (Wildman–Crippen MR) is 126 cm³/mol. The van der Waals surface area contributed by atoms with Gasteiger partial charge in [-0.15, -0.1) is 0 Å². The molecule has 2 aliphatic heterocycles. The van der Waals surface area contributed by atoms with Crippen LogP contribution in [0.2, 0.25) is 0 Å². The number of hydrogen-bond donors (Lipinski definition) is 2. The summed E-state index contributed by atoms with van der Waals surface area (Å²) in [5.74, 6) is -1.63. The van der Waals surface area contributed by atoms with E-state index < -0.39 is 29.7 Å². The molecule has 2 heterocycles. The summed E-state index contributed by atoms with van der Waals surface area (Å²) in [7, 11) is 0. The van der Waals surface area contributed by atoms with Crippen LogP contribution in [0.4, 0.5) is 0 Å². The Morgan fingerprint density at radius 2 is 1.79 bits per heavy atom. The molecule has 8 nitrogen and oxygen atoms in total. The molecule has 2 saturated heterocycles. The molecule has 0 radical (unpaired) electrons. The summed E-state index contributed by atoms with van der Waals surface area (Å²) in [6.07, 6.45) is 8.86. The summed E-state index contributed by atoms with van der Waals surface area (Å²) in [6, 6.07) is 0. The van der Waals surface area contributed by atoms with Crippen LogP contribution < -0.4 is 0 Å². The molecule has 0 aromatic carbocycles. The van der Waals surface area contributed by atoms with Gasteiger partial charge in [-0.3, -0.25) is 4.79 Å². The Morgan fingerprint density at radius 3 is 2.38 bits per heavy atom. The summed E-state index contributed by atoms with van der Waals surface area (Å²) >= 11 is 0. The maximum absolute atomic E-state index is 11.6. The zero-order valence-corrected chi connectivity index (χ0v) is 21.0. The highest BCUT2D eigenvalue weighted by Gasteiger charge is 2.44. The van der Waals surface area contributed by atoms with Crippen molar-refractivity contribution in [2.24, 2.45) is 11.8 Å². The second-order valence-corrected chi connectivity index (χ2v) is 10.3. The number of carboxylic acids is 1. The molecule has 8 heteroatoms. The molecular weight excluding hydrogens is 440 g/mol. The van der Waals surface area contributed by atoms with E-state index in [2.05, 4.69) is 6.92 Å². The summed E-state index contributed by atoms with van der Waals surface area (Å²) < 4.78 is 30.3. The minimum atomic E-state index is -0.924. The van der Waals surface area contributed by atoms with Gasteiger partial charge < -0.3 is 33.9 Å². The molecule has 3 fully saturated rings. The number of hydrogen-bond acceptors (Lipinski definition) is 7. The molecule has 7 atom stereocenters. The first-order valence-electron chi connectivity index (χ1n) is 13.1. The van der Waals surface area contributed by atoms with Gasteiger partial charge in [-0.05, 0) is 58.8 Å². The maximum Gasteiger partial charge on any atom is 0.303 e. The van der Waals surface area contributed by atoms with Crippen LogP contribution in [0.1, 0.15) is 78.6 Å². The van der Waals surface area contributed by atoms with Crippen LogP contribution in [0.25, 0.3) is 0 Å². The second kappa shape index (κ2) is 13.3. The average molecular weight is 485 g/mol. The quantitative estimate of drug-likeness (QED) is 0.400. The van der Waals surface area contributed by atoms with E-state index in [1.54, 1.807) is 0 Å². The smallest absolute Gasteiger partial charge is 0.303 e. The van der Waals surface area contributed by atoms with Crippen molar-refractivity contribution in [1.29, 1.82) is 0 Å². The molecule has 1 saturated carbocycles. The van der Waals surface area contributed by atoms with Crippen LogP contribution in [0.3, 0.4) is 0 Å². The number of carboxylic acid groups (broad SMARTS) is 1. The third-order valence-corrected chi connectivity index (χ3v) is 7.07. The topological polar surface area (TPSA) is 104 Å². The van der Waals surface area contributed by atoms with E-state index in [1.165, 1.54) is 0 Å². The zero-order chi connectivity index (χ0) is 24.6. The van der Waals surface area contributed by atoms with Crippen LogP contribution in [-0.2, 0) is 28.5 Å². The molecule has 0 aromatic heterocycles. The molecule has 0 aromatic rings. The highest BCUT2D eigenvalue weighted by atomic mass is 16.7. The lowest BCUT2D eigenvalue weighted by molar-refractivity contribution is -0.217. The van der Waals surface area contributed by atoms with Crippen molar-refractivity contribution in [3.63, 3.8) is 0 Å². The lowest BCUT2D eigenvalue weighted by atomic mass is 9.88. The van der Waals surface area contributed by atoms with Crippen LogP contribution in [0.15, 0.2) is 12.2 Å². The first-order chi connectivity index (χ1) is 16.3. The van der Waals surface area contributed by atoms with Crippen molar-refractivity contribution in [3.05, 3.63) is 12.2 Å². The third kappa shape index (κ3) is 8.00. The molecule has 3 rings (SSSR count). The molecular formula is C26H44O8. The standard InChI is InChI=1S/C26H44O8/c1-4-13-32-26(2,3)22(34-25-10-6-8-15-31-25)12-11-18-19(16-23(28)29)20(27)17-21(18)33-24-9-5-7-14-30-24/h11-12,18-22,24-25,27H,4-10,13-17H2,1-3H3,(H,28,29). The molecule has 2 N–H and O–H groups in total. The monoisotopic (exact) mass is 484 g/mol.